The predicted molar refractivity (Wildman–Crippen MR) is 123 cm³/mol. The first-order valence-electron chi connectivity index (χ1n) is 11.4. The molecule has 0 radical (unpaired) electrons. The topological polar surface area (TPSA) is 94.2 Å². The van der Waals surface area contributed by atoms with Crippen LogP contribution in [0.3, 0.4) is 0 Å². The molecule has 0 bridgehead atoms. The van der Waals surface area contributed by atoms with E-state index < -0.39 is 39.8 Å². The second kappa shape index (κ2) is 8.99. The molecule has 1 heterocycles. The van der Waals surface area contributed by atoms with Crippen LogP contribution < -0.4 is 9.44 Å². The predicted octanol–water partition coefficient (Wildman–Crippen LogP) is 4.08. The number of aromatic amines is 1. The Morgan fingerprint density at radius 1 is 1.03 bits per heavy atom. The number of benzene rings is 2. The lowest BCUT2D eigenvalue weighted by Gasteiger charge is -2.36. The van der Waals surface area contributed by atoms with Crippen LogP contribution in [0.5, 0.6) is 0 Å². The van der Waals surface area contributed by atoms with Crippen molar-refractivity contribution in [1.29, 1.82) is 0 Å². The number of hydrogen-bond acceptors (Lipinski definition) is 3. The fourth-order valence-corrected chi connectivity index (χ4v) is 6.40. The lowest BCUT2D eigenvalue weighted by Crippen LogP contribution is -2.47. The Kier molecular flexibility index (Phi) is 6.18. The summed E-state index contributed by atoms with van der Waals surface area (Å²) in [6, 6.07) is 7.45. The standard InChI is InChI=1S/C24H26F3N3O3S/c25-16-6-4-14(5-7-16)23-22(18-10-17(26)11-19(27)24(18)29-23)15-8-13(9-15)12-28-34(32,33)30-20-2-1-3-21(20)31/h4-7,10-11,13,15,20-21,28-31H,1-3,8-9,12H2/t13-,15-,20-,21-/m1/s1. The Morgan fingerprint density at radius 3 is 2.44 bits per heavy atom. The molecule has 2 aromatic carbocycles. The summed E-state index contributed by atoms with van der Waals surface area (Å²) in [6.45, 7) is 0.228. The van der Waals surface area contributed by atoms with Crippen molar-refractivity contribution in [2.45, 2.75) is 50.2 Å². The zero-order valence-electron chi connectivity index (χ0n) is 18.3. The van der Waals surface area contributed by atoms with Gasteiger partial charge >= 0.3 is 0 Å². The third kappa shape index (κ3) is 4.59. The molecule has 0 amide bonds. The second-order valence-corrected chi connectivity index (χ2v) is 10.9. The quantitative estimate of drug-likeness (QED) is 0.400. The number of aromatic nitrogens is 1. The average molecular weight is 494 g/mol. The van der Waals surface area contributed by atoms with Crippen LogP contribution in [0.1, 0.15) is 43.6 Å². The summed E-state index contributed by atoms with van der Waals surface area (Å²) in [5, 5.41) is 10.3. The van der Waals surface area contributed by atoms with E-state index in [2.05, 4.69) is 14.4 Å². The largest absolute Gasteiger partial charge is 0.391 e. The number of aliphatic hydroxyl groups excluding tert-OH is 1. The van der Waals surface area contributed by atoms with E-state index in [-0.39, 0.29) is 23.9 Å². The summed E-state index contributed by atoms with van der Waals surface area (Å²) in [4.78, 5) is 3.05. The van der Waals surface area contributed by atoms with Gasteiger partial charge in [0.2, 0.25) is 0 Å². The van der Waals surface area contributed by atoms with Gasteiger partial charge in [0.05, 0.1) is 17.3 Å². The molecule has 34 heavy (non-hydrogen) atoms. The van der Waals surface area contributed by atoms with Crippen LogP contribution in [0.4, 0.5) is 13.2 Å². The average Bonchev–Trinajstić information content (AvgIpc) is 3.31. The number of H-pyrrole nitrogens is 1. The van der Waals surface area contributed by atoms with Gasteiger partial charge in [-0.15, -0.1) is 0 Å². The summed E-state index contributed by atoms with van der Waals surface area (Å²) in [5.74, 6) is -1.75. The van der Waals surface area contributed by atoms with E-state index >= 15 is 0 Å². The number of halogens is 3. The zero-order valence-corrected chi connectivity index (χ0v) is 19.1. The van der Waals surface area contributed by atoms with E-state index in [4.69, 9.17) is 0 Å². The van der Waals surface area contributed by atoms with Crippen molar-refractivity contribution < 1.29 is 26.7 Å². The molecule has 2 aliphatic rings. The van der Waals surface area contributed by atoms with E-state index in [0.717, 1.165) is 18.1 Å². The molecular weight excluding hydrogens is 467 g/mol. The number of rotatable bonds is 7. The Labute approximate surface area is 195 Å². The molecule has 182 valence electrons. The van der Waals surface area contributed by atoms with Crippen molar-refractivity contribution in [2.24, 2.45) is 5.92 Å². The number of aliphatic hydroxyl groups is 1. The molecular formula is C24H26F3N3O3S. The van der Waals surface area contributed by atoms with Crippen LogP contribution in [0.25, 0.3) is 22.2 Å². The zero-order chi connectivity index (χ0) is 24.0. The first-order valence-corrected chi connectivity index (χ1v) is 12.9. The molecule has 2 aliphatic carbocycles. The van der Waals surface area contributed by atoms with E-state index in [1.165, 1.54) is 18.2 Å². The Bertz CT molecular complexity index is 1300. The Hall–Kier alpha value is -2.40. The van der Waals surface area contributed by atoms with Gasteiger partial charge in [-0.05, 0) is 85.4 Å². The molecule has 0 aliphatic heterocycles. The SMILES string of the molecule is O=S(=O)(NC[C@H]1C[C@H](c2c(-c3ccc(F)cc3)[nH]c3c(F)cc(F)cc32)C1)N[C@@H]1CCC[C@H]1O. The molecule has 2 atom stereocenters. The normalized spacial score (nSPS) is 25.1. The highest BCUT2D eigenvalue weighted by Gasteiger charge is 2.36. The maximum atomic E-state index is 14.5. The van der Waals surface area contributed by atoms with Crippen molar-refractivity contribution in [1.82, 2.24) is 14.4 Å². The van der Waals surface area contributed by atoms with Gasteiger partial charge in [0.15, 0.2) is 0 Å². The maximum absolute atomic E-state index is 14.5. The van der Waals surface area contributed by atoms with Gasteiger partial charge in [0.1, 0.15) is 17.5 Å². The fourth-order valence-electron chi connectivity index (χ4n) is 5.19. The number of hydrogen-bond donors (Lipinski definition) is 4. The fraction of sp³-hybridized carbons (Fsp3) is 0.417. The van der Waals surface area contributed by atoms with Gasteiger partial charge in [-0.2, -0.15) is 13.1 Å². The van der Waals surface area contributed by atoms with Crippen LogP contribution in [-0.4, -0.2) is 37.2 Å². The Morgan fingerprint density at radius 2 is 1.76 bits per heavy atom. The molecule has 0 saturated heterocycles. The van der Waals surface area contributed by atoms with Crippen molar-refractivity contribution >= 4 is 21.1 Å². The van der Waals surface area contributed by atoms with E-state index in [0.29, 0.717) is 42.3 Å². The van der Waals surface area contributed by atoms with Crippen LogP contribution in [-0.2, 0) is 10.2 Å². The van der Waals surface area contributed by atoms with Gasteiger partial charge in [0, 0.05) is 24.0 Å². The third-order valence-electron chi connectivity index (χ3n) is 6.99. The Balaban J connectivity index is 1.33. The first kappa shape index (κ1) is 23.3. The highest BCUT2D eigenvalue weighted by atomic mass is 32.2. The molecule has 2 fully saturated rings. The highest BCUT2D eigenvalue weighted by molar-refractivity contribution is 7.87. The van der Waals surface area contributed by atoms with Gasteiger partial charge in [-0.3, -0.25) is 0 Å². The van der Waals surface area contributed by atoms with E-state index in [1.54, 1.807) is 12.1 Å². The van der Waals surface area contributed by atoms with E-state index in [1.807, 2.05) is 0 Å². The molecule has 5 rings (SSSR count). The number of nitrogens with one attached hydrogen (secondary N) is 3. The minimum atomic E-state index is -3.74. The van der Waals surface area contributed by atoms with Crippen molar-refractivity contribution in [3.05, 3.63) is 59.4 Å². The monoisotopic (exact) mass is 493 g/mol. The highest BCUT2D eigenvalue weighted by Crippen LogP contribution is 2.48. The van der Waals surface area contributed by atoms with Crippen LogP contribution in [0.15, 0.2) is 36.4 Å². The molecule has 10 heteroatoms. The second-order valence-electron chi connectivity index (χ2n) is 9.34. The lowest BCUT2D eigenvalue weighted by atomic mass is 9.70. The van der Waals surface area contributed by atoms with Crippen LogP contribution >= 0.6 is 0 Å². The van der Waals surface area contributed by atoms with Crippen molar-refractivity contribution in [3.63, 3.8) is 0 Å². The lowest BCUT2D eigenvalue weighted by molar-refractivity contribution is 0.158. The van der Waals surface area contributed by atoms with Crippen molar-refractivity contribution in [2.75, 3.05) is 6.54 Å². The summed E-state index contributed by atoms with van der Waals surface area (Å²) in [6.07, 6.45) is 2.56. The van der Waals surface area contributed by atoms with Crippen molar-refractivity contribution in [3.8, 4) is 11.3 Å². The minimum Gasteiger partial charge on any atom is -0.391 e. The van der Waals surface area contributed by atoms with Gasteiger partial charge in [-0.25, -0.2) is 17.9 Å². The summed E-state index contributed by atoms with van der Waals surface area (Å²) < 4.78 is 71.8. The molecule has 0 spiro atoms. The molecule has 1 aromatic heterocycles. The van der Waals surface area contributed by atoms with Gasteiger partial charge in [0.25, 0.3) is 10.2 Å². The first-order chi connectivity index (χ1) is 16.2. The van der Waals surface area contributed by atoms with E-state index in [9.17, 15) is 26.7 Å². The van der Waals surface area contributed by atoms with Crippen LogP contribution in [0.2, 0.25) is 0 Å². The van der Waals surface area contributed by atoms with Gasteiger partial charge < -0.3 is 10.1 Å². The number of fused-ring (bicyclic) bond motifs is 1. The van der Waals surface area contributed by atoms with Gasteiger partial charge in [-0.1, -0.05) is 0 Å². The summed E-state index contributed by atoms with van der Waals surface area (Å²) >= 11 is 0. The van der Waals surface area contributed by atoms with Crippen LogP contribution in [0, 0.1) is 23.4 Å². The molecule has 6 nitrogen and oxygen atoms in total. The minimum absolute atomic E-state index is 0.0332. The molecule has 4 N–H and O–H groups in total. The molecule has 2 saturated carbocycles. The third-order valence-corrected chi connectivity index (χ3v) is 8.15. The molecule has 0 unspecified atom stereocenters. The molecule has 3 aromatic rings. The summed E-state index contributed by atoms with van der Waals surface area (Å²) in [7, 11) is -3.74. The smallest absolute Gasteiger partial charge is 0.277 e. The maximum Gasteiger partial charge on any atom is 0.277 e. The summed E-state index contributed by atoms with van der Waals surface area (Å²) in [5.41, 5.74) is 2.22.